The fourth-order valence-corrected chi connectivity index (χ4v) is 4.35. The number of rotatable bonds is 3. The van der Waals surface area contributed by atoms with Crippen LogP contribution in [0.4, 0.5) is 0 Å². The summed E-state index contributed by atoms with van der Waals surface area (Å²) in [6, 6.07) is 8.08. The highest BCUT2D eigenvalue weighted by Gasteiger charge is 2.22. The molecule has 0 aliphatic carbocycles. The summed E-state index contributed by atoms with van der Waals surface area (Å²) in [5.41, 5.74) is 2.16. The lowest BCUT2D eigenvalue weighted by Crippen LogP contribution is -2.34. The molecule has 0 spiro atoms. The van der Waals surface area contributed by atoms with Crippen molar-refractivity contribution in [1.82, 2.24) is 14.8 Å². The molecule has 3 rings (SSSR count). The molecule has 0 radical (unpaired) electrons. The molecule has 4 nitrogen and oxygen atoms in total. The largest absolute Gasteiger partial charge is 0.337 e. The van der Waals surface area contributed by atoms with E-state index in [1.807, 2.05) is 29.3 Å². The first-order chi connectivity index (χ1) is 11.1. The first-order valence-electron chi connectivity index (χ1n) is 7.80. The van der Waals surface area contributed by atoms with Gasteiger partial charge in [0, 0.05) is 42.9 Å². The second-order valence-corrected chi connectivity index (χ2v) is 7.56. The van der Waals surface area contributed by atoms with Gasteiger partial charge in [-0.3, -0.25) is 14.7 Å². The second-order valence-electron chi connectivity index (χ2n) is 5.79. The van der Waals surface area contributed by atoms with Gasteiger partial charge < -0.3 is 4.90 Å². The highest BCUT2D eigenvalue weighted by atomic mass is 79.9. The summed E-state index contributed by atoms with van der Waals surface area (Å²) in [5.74, 6) is 0.141. The normalized spacial score (nSPS) is 16.3. The van der Waals surface area contributed by atoms with Crippen LogP contribution in [-0.2, 0) is 6.54 Å². The van der Waals surface area contributed by atoms with E-state index < -0.39 is 0 Å². The fraction of sp³-hybridized carbons (Fsp3) is 0.412. The predicted octanol–water partition coefficient (Wildman–Crippen LogP) is 3.56. The van der Waals surface area contributed by atoms with Gasteiger partial charge in [0.25, 0.3) is 5.91 Å². The van der Waals surface area contributed by atoms with Crippen LogP contribution in [0.1, 0.15) is 27.5 Å². The molecular formula is C17H20BrN3OS. The van der Waals surface area contributed by atoms with Crippen LogP contribution in [0.2, 0.25) is 0 Å². The van der Waals surface area contributed by atoms with Crippen LogP contribution >= 0.6 is 27.3 Å². The van der Waals surface area contributed by atoms with Crippen molar-refractivity contribution in [1.29, 1.82) is 0 Å². The average molecular weight is 394 g/mol. The van der Waals surface area contributed by atoms with Gasteiger partial charge in [-0.1, -0.05) is 6.07 Å². The number of hydrogen-bond donors (Lipinski definition) is 0. The third-order valence-electron chi connectivity index (χ3n) is 4.02. The van der Waals surface area contributed by atoms with Crippen molar-refractivity contribution in [2.45, 2.75) is 19.9 Å². The summed E-state index contributed by atoms with van der Waals surface area (Å²) in [6.07, 6.45) is 1.00. The molecule has 2 aromatic heterocycles. The van der Waals surface area contributed by atoms with Crippen LogP contribution < -0.4 is 0 Å². The van der Waals surface area contributed by atoms with Gasteiger partial charge in [-0.15, -0.1) is 11.3 Å². The third-order valence-corrected chi connectivity index (χ3v) is 5.84. The molecule has 0 bridgehead atoms. The number of aromatic nitrogens is 1. The lowest BCUT2D eigenvalue weighted by molar-refractivity contribution is 0.0765. The van der Waals surface area contributed by atoms with Crippen molar-refractivity contribution in [2.24, 2.45) is 0 Å². The van der Waals surface area contributed by atoms with Crippen molar-refractivity contribution in [2.75, 3.05) is 26.2 Å². The van der Waals surface area contributed by atoms with Gasteiger partial charge in [0.05, 0.1) is 5.69 Å². The number of amides is 1. The van der Waals surface area contributed by atoms with Gasteiger partial charge in [0.1, 0.15) is 4.88 Å². The maximum absolute atomic E-state index is 12.6. The number of thiophene rings is 1. The zero-order chi connectivity index (χ0) is 16.2. The van der Waals surface area contributed by atoms with Crippen LogP contribution in [0.25, 0.3) is 0 Å². The Balaban J connectivity index is 1.61. The smallest absolute Gasteiger partial charge is 0.265 e. The molecule has 23 heavy (non-hydrogen) atoms. The zero-order valence-electron chi connectivity index (χ0n) is 13.2. The van der Waals surface area contributed by atoms with E-state index in [0.717, 1.165) is 59.9 Å². The Morgan fingerprint density at radius 3 is 2.87 bits per heavy atom. The molecule has 0 unspecified atom stereocenters. The molecule has 1 fully saturated rings. The van der Waals surface area contributed by atoms with Gasteiger partial charge >= 0.3 is 0 Å². The molecule has 0 saturated carbocycles. The summed E-state index contributed by atoms with van der Waals surface area (Å²) in [5, 5.41) is 1.95. The lowest BCUT2D eigenvalue weighted by Gasteiger charge is -2.21. The van der Waals surface area contributed by atoms with Gasteiger partial charge in [0.2, 0.25) is 0 Å². The minimum Gasteiger partial charge on any atom is -0.337 e. The minimum atomic E-state index is 0.141. The Bertz CT molecular complexity index is 688. The first-order valence-corrected chi connectivity index (χ1v) is 9.48. The molecule has 1 amide bonds. The summed E-state index contributed by atoms with van der Waals surface area (Å²) in [6.45, 7) is 6.36. The van der Waals surface area contributed by atoms with E-state index >= 15 is 0 Å². The van der Waals surface area contributed by atoms with Gasteiger partial charge in [-0.05, 0) is 52.9 Å². The second kappa shape index (κ2) is 7.55. The number of nitrogens with zero attached hydrogens (tertiary/aromatic N) is 3. The third kappa shape index (κ3) is 4.19. The minimum absolute atomic E-state index is 0.141. The lowest BCUT2D eigenvalue weighted by atomic mass is 10.3. The maximum Gasteiger partial charge on any atom is 0.265 e. The standard InChI is InChI=1S/C17H20BrN3OS/c1-13-4-2-5-14(19-13)12-20-7-3-8-21(10-9-20)17(22)16-15(18)6-11-23-16/h2,4-6,11H,3,7-10,12H2,1H3. The van der Waals surface area contributed by atoms with E-state index in [4.69, 9.17) is 0 Å². The highest BCUT2D eigenvalue weighted by Crippen LogP contribution is 2.24. The number of hydrogen-bond acceptors (Lipinski definition) is 4. The number of aryl methyl sites for hydroxylation is 1. The quantitative estimate of drug-likeness (QED) is 0.799. The molecule has 122 valence electrons. The van der Waals surface area contributed by atoms with E-state index in [1.165, 1.54) is 11.3 Å². The number of carbonyl (C=O) groups is 1. The Hall–Kier alpha value is -1.24. The monoisotopic (exact) mass is 393 g/mol. The Kier molecular flexibility index (Phi) is 5.46. The molecule has 1 saturated heterocycles. The topological polar surface area (TPSA) is 36.4 Å². The molecule has 1 aliphatic heterocycles. The number of carbonyl (C=O) groups excluding carboxylic acids is 1. The Labute approximate surface area is 149 Å². The summed E-state index contributed by atoms with van der Waals surface area (Å²) >= 11 is 4.96. The fourth-order valence-electron chi connectivity index (χ4n) is 2.84. The van der Waals surface area contributed by atoms with E-state index in [0.29, 0.717) is 0 Å². The van der Waals surface area contributed by atoms with Crippen LogP contribution in [0.3, 0.4) is 0 Å². The van der Waals surface area contributed by atoms with Crippen molar-refractivity contribution >= 4 is 33.2 Å². The summed E-state index contributed by atoms with van der Waals surface area (Å²) < 4.78 is 0.901. The van der Waals surface area contributed by atoms with Crippen molar-refractivity contribution in [3.63, 3.8) is 0 Å². The first kappa shape index (κ1) is 16.6. The van der Waals surface area contributed by atoms with E-state index in [-0.39, 0.29) is 5.91 Å². The number of halogens is 1. The molecule has 3 heterocycles. The molecule has 0 atom stereocenters. The van der Waals surface area contributed by atoms with E-state index in [9.17, 15) is 4.79 Å². The summed E-state index contributed by atoms with van der Waals surface area (Å²) in [4.78, 5) is 22.4. The summed E-state index contributed by atoms with van der Waals surface area (Å²) in [7, 11) is 0. The highest BCUT2D eigenvalue weighted by molar-refractivity contribution is 9.10. The molecule has 0 aromatic carbocycles. The SMILES string of the molecule is Cc1cccc(CN2CCCN(C(=O)c3sccc3Br)CC2)n1. The average Bonchev–Trinajstić information content (AvgIpc) is 2.81. The molecular weight excluding hydrogens is 374 g/mol. The van der Waals surface area contributed by atoms with Gasteiger partial charge in [-0.25, -0.2) is 0 Å². The van der Waals surface area contributed by atoms with Crippen LogP contribution in [0.5, 0.6) is 0 Å². The molecule has 6 heteroatoms. The van der Waals surface area contributed by atoms with Crippen LogP contribution in [0, 0.1) is 6.92 Å². The van der Waals surface area contributed by atoms with Crippen molar-refractivity contribution in [3.8, 4) is 0 Å². The molecule has 2 aromatic rings. The molecule has 1 aliphatic rings. The van der Waals surface area contributed by atoms with Crippen molar-refractivity contribution < 1.29 is 4.79 Å². The van der Waals surface area contributed by atoms with Gasteiger partial charge in [0.15, 0.2) is 0 Å². The Morgan fingerprint density at radius 1 is 1.26 bits per heavy atom. The van der Waals surface area contributed by atoms with Crippen LogP contribution in [0.15, 0.2) is 34.1 Å². The number of pyridine rings is 1. The van der Waals surface area contributed by atoms with E-state index in [2.05, 4.69) is 37.9 Å². The zero-order valence-corrected chi connectivity index (χ0v) is 15.6. The maximum atomic E-state index is 12.6. The predicted molar refractivity (Wildman–Crippen MR) is 96.8 cm³/mol. The van der Waals surface area contributed by atoms with Gasteiger partial charge in [-0.2, -0.15) is 0 Å². The van der Waals surface area contributed by atoms with E-state index in [1.54, 1.807) is 0 Å². The Morgan fingerprint density at radius 2 is 2.13 bits per heavy atom. The van der Waals surface area contributed by atoms with Crippen molar-refractivity contribution in [3.05, 3.63) is 50.4 Å². The van der Waals surface area contributed by atoms with Crippen LogP contribution in [-0.4, -0.2) is 46.9 Å². The molecule has 0 N–H and O–H groups in total.